The standard InChI is InChI=1S/C22H23ClF3N3O/c23-20-11-15(7-9-27-20)21(30)28-18-12-17(22(24,25)26)5-6-19(18)29-10-8-14-3-1-2-4-16(14)13-29/h5-7,9,11-12,14,16H,1-4,8,10,13H2,(H,28,30)/t14-,16-/m0/s1. The van der Waals surface area contributed by atoms with Crippen LogP contribution in [0.2, 0.25) is 5.15 Å². The summed E-state index contributed by atoms with van der Waals surface area (Å²) in [5, 5.41) is 2.81. The van der Waals surface area contributed by atoms with E-state index >= 15 is 0 Å². The molecule has 4 rings (SSSR count). The molecular formula is C22H23ClF3N3O. The predicted octanol–water partition coefficient (Wildman–Crippen LogP) is 6.02. The van der Waals surface area contributed by atoms with Gasteiger partial charge in [0.25, 0.3) is 5.91 Å². The smallest absolute Gasteiger partial charge is 0.370 e. The van der Waals surface area contributed by atoms with E-state index in [1.54, 1.807) is 0 Å². The maximum atomic E-state index is 13.3. The molecule has 1 aromatic carbocycles. The molecule has 0 spiro atoms. The number of aromatic nitrogens is 1. The summed E-state index contributed by atoms with van der Waals surface area (Å²) in [6.45, 7) is 1.58. The fourth-order valence-corrected chi connectivity index (χ4v) is 4.82. The Morgan fingerprint density at radius 1 is 1.10 bits per heavy atom. The van der Waals surface area contributed by atoms with Crippen LogP contribution >= 0.6 is 11.6 Å². The van der Waals surface area contributed by atoms with Crippen LogP contribution < -0.4 is 10.2 Å². The average Bonchev–Trinajstić information content (AvgIpc) is 2.72. The molecule has 1 aliphatic carbocycles. The molecule has 1 N–H and O–H groups in total. The van der Waals surface area contributed by atoms with Crippen LogP contribution in [0.3, 0.4) is 0 Å². The topological polar surface area (TPSA) is 45.2 Å². The lowest BCUT2D eigenvalue weighted by molar-refractivity contribution is -0.137. The maximum absolute atomic E-state index is 13.3. The molecule has 1 amide bonds. The highest BCUT2D eigenvalue weighted by atomic mass is 35.5. The van der Waals surface area contributed by atoms with Crippen molar-refractivity contribution >= 4 is 28.9 Å². The van der Waals surface area contributed by atoms with Crippen molar-refractivity contribution in [3.05, 3.63) is 52.8 Å². The number of piperidine rings is 1. The van der Waals surface area contributed by atoms with E-state index in [1.165, 1.54) is 43.7 Å². The number of rotatable bonds is 3. The zero-order valence-electron chi connectivity index (χ0n) is 16.4. The summed E-state index contributed by atoms with van der Waals surface area (Å²) in [6, 6.07) is 6.44. The van der Waals surface area contributed by atoms with E-state index < -0.39 is 17.6 Å². The highest BCUT2D eigenvalue weighted by Crippen LogP contribution is 2.41. The first-order chi connectivity index (χ1) is 14.3. The van der Waals surface area contributed by atoms with Gasteiger partial charge >= 0.3 is 6.18 Å². The van der Waals surface area contributed by atoms with Crippen molar-refractivity contribution in [1.82, 2.24) is 4.98 Å². The van der Waals surface area contributed by atoms with Gasteiger partial charge in [0.05, 0.1) is 16.9 Å². The third-order valence-corrected chi connectivity index (χ3v) is 6.40. The Kier molecular flexibility index (Phi) is 5.91. The summed E-state index contributed by atoms with van der Waals surface area (Å²) in [5.41, 5.74) is 0.240. The summed E-state index contributed by atoms with van der Waals surface area (Å²) in [7, 11) is 0. The van der Waals surface area contributed by atoms with E-state index in [0.29, 0.717) is 17.5 Å². The van der Waals surface area contributed by atoms with Gasteiger partial charge in [-0.25, -0.2) is 4.98 Å². The lowest BCUT2D eigenvalue weighted by atomic mass is 9.75. The summed E-state index contributed by atoms with van der Waals surface area (Å²) in [4.78, 5) is 18.6. The van der Waals surface area contributed by atoms with E-state index in [0.717, 1.165) is 38.1 Å². The fourth-order valence-electron chi connectivity index (χ4n) is 4.65. The minimum Gasteiger partial charge on any atom is -0.370 e. The molecule has 160 valence electrons. The molecule has 0 radical (unpaired) electrons. The molecule has 2 fully saturated rings. The number of nitrogens with one attached hydrogen (secondary N) is 1. The number of nitrogens with zero attached hydrogens (tertiary/aromatic N) is 2. The summed E-state index contributed by atoms with van der Waals surface area (Å²) < 4.78 is 40.0. The van der Waals surface area contributed by atoms with Crippen LogP contribution in [0.5, 0.6) is 0 Å². The molecule has 1 aliphatic heterocycles. The molecule has 0 unspecified atom stereocenters. The number of carbonyl (C=O) groups excluding carboxylic acids is 1. The molecule has 2 heterocycles. The Hall–Kier alpha value is -2.28. The molecule has 1 saturated carbocycles. The number of alkyl halides is 3. The van der Waals surface area contributed by atoms with Gasteiger partial charge in [0.1, 0.15) is 5.15 Å². The van der Waals surface area contributed by atoms with Crippen molar-refractivity contribution in [2.75, 3.05) is 23.3 Å². The first kappa shape index (κ1) is 21.0. The van der Waals surface area contributed by atoms with Gasteiger partial charge < -0.3 is 10.2 Å². The highest BCUT2D eigenvalue weighted by Gasteiger charge is 2.34. The van der Waals surface area contributed by atoms with E-state index in [9.17, 15) is 18.0 Å². The molecule has 30 heavy (non-hydrogen) atoms. The SMILES string of the molecule is O=C(Nc1cc(C(F)(F)F)ccc1N1CC[C@@H]2CCCC[C@H]2C1)c1ccnc(Cl)c1. The number of carbonyl (C=O) groups is 1. The first-order valence-corrected chi connectivity index (χ1v) is 10.6. The number of halogens is 4. The molecule has 2 aromatic rings. The van der Waals surface area contributed by atoms with Crippen LogP contribution in [0.4, 0.5) is 24.5 Å². The van der Waals surface area contributed by atoms with Gasteiger partial charge in [-0.3, -0.25) is 4.79 Å². The second kappa shape index (κ2) is 8.46. The number of anilines is 2. The van der Waals surface area contributed by atoms with Gasteiger partial charge in [-0.15, -0.1) is 0 Å². The Morgan fingerprint density at radius 2 is 1.87 bits per heavy atom. The minimum atomic E-state index is -4.49. The van der Waals surface area contributed by atoms with Gasteiger partial charge in [-0.2, -0.15) is 13.2 Å². The van der Waals surface area contributed by atoms with Crippen LogP contribution in [0.1, 0.15) is 48.0 Å². The lowest BCUT2D eigenvalue weighted by Gasteiger charge is -2.42. The number of hydrogen-bond donors (Lipinski definition) is 1. The number of fused-ring (bicyclic) bond motifs is 1. The molecule has 4 nitrogen and oxygen atoms in total. The van der Waals surface area contributed by atoms with Crippen molar-refractivity contribution in [3.63, 3.8) is 0 Å². The van der Waals surface area contributed by atoms with Gasteiger partial charge in [-0.05, 0) is 55.0 Å². The van der Waals surface area contributed by atoms with E-state index in [-0.39, 0.29) is 16.4 Å². The molecule has 2 aliphatic rings. The molecule has 1 aromatic heterocycles. The zero-order chi connectivity index (χ0) is 21.3. The first-order valence-electron chi connectivity index (χ1n) is 10.2. The number of pyridine rings is 1. The monoisotopic (exact) mass is 437 g/mol. The lowest BCUT2D eigenvalue weighted by Crippen LogP contribution is -2.42. The van der Waals surface area contributed by atoms with Crippen LogP contribution in [-0.4, -0.2) is 24.0 Å². The third kappa shape index (κ3) is 4.56. The van der Waals surface area contributed by atoms with Crippen molar-refractivity contribution in [2.24, 2.45) is 11.8 Å². The predicted molar refractivity (Wildman–Crippen MR) is 111 cm³/mol. The molecular weight excluding hydrogens is 415 g/mol. The Balaban J connectivity index is 1.63. The normalized spacial score (nSPS) is 21.8. The highest BCUT2D eigenvalue weighted by molar-refractivity contribution is 6.29. The van der Waals surface area contributed by atoms with Gasteiger partial charge in [0, 0.05) is 24.8 Å². The van der Waals surface area contributed by atoms with Gasteiger partial charge in [0.2, 0.25) is 0 Å². The number of hydrogen-bond acceptors (Lipinski definition) is 3. The van der Waals surface area contributed by atoms with Crippen LogP contribution in [0.25, 0.3) is 0 Å². The molecule has 2 atom stereocenters. The van der Waals surface area contributed by atoms with Crippen molar-refractivity contribution in [2.45, 2.75) is 38.3 Å². The van der Waals surface area contributed by atoms with E-state index in [4.69, 9.17) is 11.6 Å². The Morgan fingerprint density at radius 3 is 2.60 bits per heavy atom. The second-order valence-electron chi connectivity index (χ2n) is 8.09. The van der Waals surface area contributed by atoms with E-state index in [1.807, 2.05) is 0 Å². The Labute approximate surface area is 178 Å². The summed E-state index contributed by atoms with van der Waals surface area (Å²) in [5.74, 6) is 0.728. The van der Waals surface area contributed by atoms with Gasteiger partial charge in [-0.1, -0.05) is 30.9 Å². The van der Waals surface area contributed by atoms with Crippen LogP contribution in [-0.2, 0) is 6.18 Å². The van der Waals surface area contributed by atoms with Crippen LogP contribution in [0, 0.1) is 11.8 Å². The van der Waals surface area contributed by atoms with Crippen LogP contribution in [0.15, 0.2) is 36.5 Å². The zero-order valence-corrected chi connectivity index (χ0v) is 17.1. The van der Waals surface area contributed by atoms with E-state index in [2.05, 4.69) is 15.2 Å². The summed E-state index contributed by atoms with van der Waals surface area (Å²) >= 11 is 5.85. The number of amides is 1. The van der Waals surface area contributed by atoms with Gasteiger partial charge in [0.15, 0.2) is 0 Å². The van der Waals surface area contributed by atoms with Crippen molar-refractivity contribution in [1.29, 1.82) is 0 Å². The summed E-state index contributed by atoms with van der Waals surface area (Å²) in [6.07, 6.45) is 2.77. The fraction of sp³-hybridized carbons (Fsp3) is 0.455. The molecule has 0 bridgehead atoms. The third-order valence-electron chi connectivity index (χ3n) is 6.19. The average molecular weight is 438 g/mol. The van der Waals surface area contributed by atoms with Crippen molar-refractivity contribution in [3.8, 4) is 0 Å². The largest absolute Gasteiger partial charge is 0.416 e. The quantitative estimate of drug-likeness (QED) is 0.597. The molecule has 8 heteroatoms. The number of benzene rings is 1. The molecule has 1 saturated heterocycles. The minimum absolute atomic E-state index is 0.145. The Bertz CT molecular complexity index is 934. The second-order valence-corrected chi connectivity index (χ2v) is 8.48. The maximum Gasteiger partial charge on any atom is 0.416 e. The van der Waals surface area contributed by atoms with Crippen molar-refractivity contribution < 1.29 is 18.0 Å².